The van der Waals surface area contributed by atoms with Gasteiger partial charge < -0.3 is 11.5 Å². The first-order valence-corrected chi connectivity index (χ1v) is 4.99. The van der Waals surface area contributed by atoms with Crippen LogP contribution in [0, 0.1) is 0 Å². The van der Waals surface area contributed by atoms with Gasteiger partial charge in [0.1, 0.15) is 0 Å². The molecule has 0 saturated carbocycles. The number of hydrogen-bond donors (Lipinski definition) is 2. The number of carbonyl (C=O) groups excluding carboxylic acids is 1. The second-order valence-electron chi connectivity index (χ2n) is 2.80. The van der Waals surface area contributed by atoms with Crippen molar-refractivity contribution in [1.29, 1.82) is 0 Å². The van der Waals surface area contributed by atoms with Crippen molar-refractivity contribution in [2.24, 2.45) is 11.5 Å². The molecule has 0 spiro atoms. The Kier molecular flexibility index (Phi) is 3.39. The quantitative estimate of drug-likeness (QED) is 0.744. The van der Waals surface area contributed by atoms with E-state index in [1.807, 2.05) is 12.3 Å². The van der Waals surface area contributed by atoms with Crippen LogP contribution in [0.25, 0.3) is 0 Å². The number of aryl methyl sites for hydroxylation is 1. The molecule has 4 nitrogen and oxygen atoms in total. The highest BCUT2D eigenvalue weighted by atomic mass is 32.1. The molecular weight excluding hydrogens is 186 g/mol. The van der Waals surface area contributed by atoms with Crippen molar-refractivity contribution in [3.63, 3.8) is 0 Å². The highest BCUT2D eigenvalue weighted by molar-refractivity contribution is 7.09. The van der Waals surface area contributed by atoms with Crippen molar-refractivity contribution < 1.29 is 4.79 Å². The molecule has 1 amide bonds. The van der Waals surface area contributed by atoms with Crippen LogP contribution in [0.3, 0.4) is 0 Å². The SMILES string of the molecule is CCc1nc([C@@H](N)CC(N)=O)cs1. The second kappa shape index (κ2) is 4.34. The molecule has 4 N–H and O–H groups in total. The van der Waals surface area contributed by atoms with E-state index in [1.54, 1.807) is 11.3 Å². The number of nitrogens with zero attached hydrogens (tertiary/aromatic N) is 1. The summed E-state index contributed by atoms with van der Waals surface area (Å²) in [5.41, 5.74) is 11.5. The summed E-state index contributed by atoms with van der Waals surface area (Å²) in [6.45, 7) is 2.03. The van der Waals surface area contributed by atoms with E-state index in [1.165, 1.54) is 0 Å². The summed E-state index contributed by atoms with van der Waals surface area (Å²) in [5, 5.41) is 2.92. The Morgan fingerprint density at radius 1 is 1.77 bits per heavy atom. The average Bonchev–Trinajstić information content (AvgIpc) is 2.50. The zero-order valence-corrected chi connectivity index (χ0v) is 8.30. The summed E-state index contributed by atoms with van der Waals surface area (Å²) in [5.74, 6) is -0.390. The summed E-state index contributed by atoms with van der Waals surface area (Å²) >= 11 is 1.56. The minimum absolute atomic E-state index is 0.160. The summed E-state index contributed by atoms with van der Waals surface area (Å²) in [6, 6.07) is -0.353. The number of rotatable bonds is 4. The minimum atomic E-state index is -0.390. The molecule has 13 heavy (non-hydrogen) atoms. The Labute approximate surface area is 81.0 Å². The number of primary amides is 1. The van der Waals surface area contributed by atoms with Gasteiger partial charge in [-0.15, -0.1) is 11.3 Å². The lowest BCUT2D eigenvalue weighted by atomic mass is 10.2. The van der Waals surface area contributed by atoms with E-state index < -0.39 is 5.91 Å². The number of aromatic nitrogens is 1. The Morgan fingerprint density at radius 3 is 2.92 bits per heavy atom. The van der Waals surface area contributed by atoms with Crippen LogP contribution in [0.5, 0.6) is 0 Å². The van der Waals surface area contributed by atoms with Crippen LogP contribution in [0.1, 0.15) is 30.1 Å². The topological polar surface area (TPSA) is 82.0 Å². The van der Waals surface area contributed by atoms with Gasteiger partial charge in [0.25, 0.3) is 0 Å². The van der Waals surface area contributed by atoms with Crippen molar-refractivity contribution in [2.45, 2.75) is 25.8 Å². The summed E-state index contributed by atoms with van der Waals surface area (Å²) in [7, 11) is 0. The Hall–Kier alpha value is -0.940. The Bertz CT molecular complexity index is 297. The molecule has 5 heteroatoms. The molecule has 0 radical (unpaired) electrons. The van der Waals surface area contributed by atoms with Crippen LogP contribution in [0.2, 0.25) is 0 Å². The van der Waals surface area contributed by atoms with Crippen LogP contribution >= 0.6 is 11.3 Å². The van der Waals surface area contributed by atoms with Gasteiger partial charge in [-0.05, 0) is 6.42 Å². The Morgan fingerprint density at radius 2 is 2.46 bits per heavy atom. The molecule has 0 aliphatic heterocycles. The van der Waals surface area contributed by atoms with Gasteiger partial charge in [-0.2, -0.15) is 0 Å². The zero-order chi connectivity index (χ0) is 9.84. The number of amides is 1. The molecule has 0 saturated heterocycles. The lowest BCUT2D eigenvalue weighted by Crippen LogP contribution is -2.20. The van der Waals surface area contributed by atoms with Crippen molar-refractivity contribution >= 4 is 17.2 Å². The van der Waals surface area contributed by atoms with Gasteiger partial charge in [-0.1, -0.05) is 6.92 Å². The lowest BCUT2D eigenvalue weighted by Gasteiger charge is -2.04. The minimum Gasteiger partial charge on any atom is -0.370 e. The summed E-state index contributed by atoms with van der Waals surface area (Å²) in [6.07, 6.45) is 1.06. The fourth-order valence-electron chi connectivity index (χ4n) is 0.979. The van der Waals surface area contributed by atoms with Gasteiger partial charge >= 0.3 is 0 Å². The number of carbonyl (C=O) groups is 1. The number of nitrogens with two attached hydrogens (primary N) is 2. The van der Waals surface area contributed by atoms with Crippen molar-refractivity contribution in [1.82, 2.24) is 4.98 Å². The first-order chi connectivity index (χ1) is 6.13. The molecule has 1 atom stereocenters. The predicted molar refractivity (Wildman–Crippen MR) is 52.2 cm³/mol. The first kappa shape index (κ1) is 10.1. The first-order valence-electron chi connectivity index (χ1n) is 4.11. The predicted octanol–water partition coefficient (Wildman–Crippen LogP) is 0.581. The van der Waals surface area contributed by atoms with Gasteiger partial charge in [-0.25, -0.2) is 4.98 Å². The summed E-state index contributed by atoms with van der Waals surface area (Å²) < 4.78 is 0. The molecular formula is C8H13N3OS. The largest absolute Gasteiger partial charge is 0.370 e. The van der Waals surface area contributed by atoms with E-state index in [0.29, 0.717) is 0 Å². The van der Waals surface area contributed by atoms with Gasteiger partial charge in [0, 0.05) is 11.8 Å². The molecule has 0 unspecified atom stereocenters. The summed E-state index contributed by atoms with van der Waals surface area (Å²) in [4.78, 5) is 14.8. The molecule has 0 aliphatic carbocycles. The van der Waals surface area contributed by atoms with E-state index >= 15 is 0 Å². The van der Waals surface area contributed by atoms with Crippen molar-refractivity contribution in [2.75, 3.05) is 0 Å². The molecule has 1 rings (SSSR count). The highest BCUT2D eigenvalue weighted by Gasteiger charge is 2.12. The molecule has 72 valence electrons. The van der Waals surface area contributed by atoms with Gasteiger partial charge in [0.05, 0.1) is 16.7 Å². The third-order valence-corrected chi connectivity index (χ3v) is 2.68. The van der Waals surface area contributed by atoms with Gasteiger partial charge in [0.15, 0.2) is 0 Å². The third kappa shape index (κ3) is 2.78. The van der Waals surface area contributed by atoms with Crippen LogP contribution in [0.4, 0.5) is 0 Å². The highest BCUT2D eigenvalue weighted by Crippen LogP contribution is 2.17. The monoisotopic (exact) mass is 199 g/mol. The fourth-order valence-corrected chi connectivity index (χ4v) is 1.79. The van der Waals surface area contributed by atoms with E-state index in [0.717, 1.165) is 17.1 Å². The third-order valence-electron chi connectivity index (χ3n) is 1.67. The fraction of sp³-hybridized carbons (Fsp3) is 0.500. The average molecular weight is 199 g/mol. The van der Waals surface area contributed by atoms with Crippen LogP contribution in [-0.2, 0) is 11.2 Å². The van der Waals surface area contributed by atoms with Gasteiger partial charge in [0.2, 0.25) is 5.91 Å². The molecule has 1 aromatic rings. The molecule has 0 aromatic carbocycles. The van der Waals surface area contributed by atoms with E-state index in [9.17, 15) is 4.79 Å². The standard InChI is InChI=1S/C8H13N3OS/c1-2-8-11-6(4-13-8)5(9)3-7(10)12/h4-5H,2-3,9H2,1H3,(H2,10,12)/t5-/m0/s1. The maximum Gasteiger partial charge on any atom is 0.219 e. The maximum absolute atomic E-state index is 10.6. The molecule has 1 aromatic heterocycles. The van der Waals surface area contributed by atoms with Crippen molar-refractivity contribution in [3.05, 3.63) is 16.1 Å². The lowest BCUT2D eigenvalue weighted by molar-refractivity contribution is -0.118. The van der Waals surface area contributed by atoms with Gasteiger partial charge in [-0.3, -0.25) is 4.79 Å². The molecule has 0 fully saturated rings. The number of hydrogen-bond acceptors (Lipinski definition) is 4. The molecule has 1 heterocycles. The maximum atomic E-state index is 10.6. The van der Waals surface area contributed by atoms with Crippen LogP contribution < -0.4 is 11.5 Å². The zero-order valence-electron chi connectivity index (χ0n) is 7.49. The van der Waals surface area contributed by atoms with Crippen LogP contribution in [0.15, 0.2) is 5.38 Å². The van der Waals surface area contributed by atoms with Crippen LogP contribution in [-0.4, -0.2) is 10.9 Å². The number of thiazole rings is 1. The van der Waals surface area contributed by atoms with Crippen molar-refractivity contribution in [3.8, 4) is 0 Å². The smallest absolute Gasteiger partial charge is 0.219 e. The normalized spacial score (nSPS) is 12.8. The molecule has 0 bridgehead atoms. The van der Waals surface area contributed by atoms with E-state index in [-0.39, 0.29) is 12.5 Å². The second-order valence-corrected chi connectivity index (χ2v) is 3.74. The molecule has 0 aliphatic rings. The van der Waals surface area contributed by atoms with E-state index in [2.05, 4.69) is 4.98 Å². The Balaban J connectivity index is 2.65. The van der Waals surface area contributed by atoms with E-state index in [4.69, 9.17) is 11.5 Å².